The Labute approximate surface area is 196 Å². The van der Waals surface area contributed by atoms with Crippen LogP contribution in [-0.2, 0) is 17.9 Å². The second-order valence-electron chi connectivity index (χ2n) is 8.74. The number of benzene rings is 2. The van der Waals surface area contributed by atoms with Gasteiger partial charge < -0.3 is 5.11 Å². The van der Waals surface area contributed by atoms with E-state index in [-0.39, 0.29) is 18.7 Å². The van der Waals surface area contributed by atoms with Crippen LogP contribution in [0, 0.1) is 12.8 Å². The number of hydrogen-bond donors (Lipinski definition) is 2. The molecule has 4 rings (SSSR count). The highest BCUT2D eigenvalue weighted by atomic mass is 16.4. The Bertz CT molecular complexity index is 1420. The number of rotatable bonds is 7. The van der Waals surface area contributed by atoms with Crippen LogP contribution >= 0.6 is 0 Å². The number of hydrogen-bond acceptors (Lipinski definition) is 4. The van der Waals surface area contributed by atoms with Gasteiger partial charge in [0.1, 0.15) is 0 Å². The molecule has 1 aromatic heterocycles. The van der Waals surface area contributed by atoms with Crippen molar-refractivity contribution in [3.63, 3.8) is 0 Å². The first-order valence-electron chi connectivity index (χ1n) is 11.4. The van der Waals surface area contributed by atoms with Crippen LogP contribution in [0.2, 0.25) is 0 Å². The van der Waals surface area contributed by atoms with E-state index in [0.29, 0.717) is 5.69 Å². The molecule has 1 heterocycles. The lowest BCUT2D eigenvalue weighted by atomic mass is 10.1. The number of aromatic nitrogens is 3. The highest BCUT2D eigenvalue weighted by Gasteiger charge is 2.17. The average Bonchev–Trinajstić information content (AvgIpc) is 3.35. The first-order chi connectivity index (χ1) is 16.3. The van der Waals surface area contributed by atoms with Gasteiger partial charge in [0.15, 0.2) is 0 Å². The zero-order chi connectivity index (χ0) is 24.2. The largest absolute Gasteiger partial charge is 0.481 e. The predicted octanol–water partition coefficient (Wildman–Crippen LogP) is 3.22. The molecule has 1 atom stereocenters. The fraction of sp³-hybridized carbons (Fsp3) is 0.308. The summed E-state index contributed by atoms with van der Waals surface area (Å²) in [5, 5.41) is 9.26. The molecule has 0 radical (unpaired) electrons. The summed E-state index contributed by atoms with van der Waals surface area (Å²) in [6.45, 7) is 3.38. The summed E-state index contributed by atoms with van der Waals surface area (Å²) >= 11 is 0. The van der Waals surface area contributed by atoms with Crippen molar-refractivity contribution in [2.24, 2.45) is 10.9 Å². The van der Waals surface area contributed by atoms with Gasteiger partial charge in [0, 0.05) is 6.54 Å². The van der Waals surface area contributed by atoms with Gasteiger partial charge in [-0.15, -0.1) is 0 Å². The molecule has 1 aliphatic carbocycles. The Hall–Kier alpha value is -3.94. The third-order valence-electron chi connectivity index (χ3n) is 6.01. The quantitative estimate of drug-likeness (QED) is 0.564. The third kappa shape index (κ3) is 5.17. The van der Waals surface area contributed by atoms with E-state index >= 15 is 0 Å². The molecule has 0 unspecified atom stereocenters. The van der Waals surface area contributed by atoms with Crippen molar-refractivity contribution in [2.75, 3.05) is 0 Å². The number of H-pyrrole nitrogens is 1. The van der Waals surface area contributed by atoms with Crippen LogP contribution in [0.15, 0.2) is 69.2 Å². The molecule has 0 fully saturated rings. The van der Waals surface area contributed by atoms with Gasteiger partial charge in [0.25, 0.3) is 0 Å². The van der Waals surface area contributed by atoms with Gasteiger partial charge in [-0.25, -0.2) is 19.1 Å². The van der Waals surface area contributed by atoms with Gasteiger partial charge >= 0.3 is 17.3 Å². The molecule has 8 heteroatoms. The summed E-state index contributed by atoms with van der Waals surface area (Å²) in [5.41, 5.74) is 3.75. The van der Waals surface area contributed by atoms with E-state index in [9.17, 15) is 19.5 Å². The zero-order valence-corrected chi connectivity index (χ0v) is 19.3. The summed E-state index contributed by atoms with van der Waals surface area (Å²) in [6.07, 6.45) is 5.44. The van der Waals surface area contributed by atoms with Crippen LogP contribution in [0.1, 0.15) is 42.9 Å². The van der Waals surface area contributed by atoms with Crippen molar-refractivity contribution in [3.8, 4) is 0 Å². The molecular weight excluding hydrogens is 432 g/mol. The van der Waals surface area contributed by atoms with Crippen molar-refractivity contribution in [1.29, 1.82) is 0 Å². The molecule has 0 saturated heterocycles. The first-order valence-corrected chi connectivity index (χ1v) is 11.4. The Morgan fingerprint density at radius 2 is 1.91 bits per heavy atom. The minimum Gasteiger partial charge on any atom is -0.481 e. The lowest BCUT2D eigenvalue weighted by molar-refractivity contribution is -0.141. The normalized spacial score (nSPS) is 14.8. The maximum atomic E-state index is 13.4. The molecule has 34 heavy (non-hydrogen) atoms. The number of nitrogens with zero attached hydrogens (tertiary/aromatic N) is 3. The maximum Gasteiger partial charge on any atom is 0.335 e. The van der Waals surface area contributed by atoms with Crippen molar-refractivity contribution >= 4 is 17.2 Å². The summed E-state index contributed by atoms with van der Waals surface area (Å²) in [7, 11) is 0. The Kier molecular flexibility index (Phi) is 6.77. The molecule has 0 spiro atoms. The molecule has 0 bridgehead atoms. The number of carbonyl (C=O) groups is 1. The molecule has 2 N–H and O–H groups in total. The van der Waals surface area contributed by atoms with Crippen LogP contribution in [-0.4, -0.2) is 25.2 Å². The van der Waals surface area contributed by atoms with Crippen LogP contribution in [0.3, 0.4) is 0 Å². The van der Waals surface area contributed by atoms with E-state index in [1.54, 1.807) is 0 Å². The maximum absolute atomic E-state index is 13.4. The molecule has 0 amide bonds. The summed E-state index contributed by atoms with van der Waals surface area (Å²) in [4.78, 5) is 44.8. The molecule has 1 aliphatic rings. The Morgan fingerprint density at radius 3 is 2.59 bits per heavy atom. The first kappa shape index (κ1) is 23.2. The summed E-state index contributed by atoms with van der Waals surface area (Å²) < 4.78 is 2.30. The van der Waals surface area contributed by atoms with Crippen LogP contribution in [0.5, 0.6) is 0 Å². The fourth-order valence-electron chi connectivity index (χ4n) is 4.00. The highest BCUT2D eigenvalue weighted by Crippen LogP contribution is 2.29. The van der Waals surface area contributed by atoms with E-state index in [0.717, 1.165) is 40.5 Å². The molecule has 2 aromatic carbocycles. The lowest BCUT2D eigenvalue weighted by Crippen LogP contribution is -2.51. The fourth-order valence-corrected chi connectivity index (χ4v) is 4.00. The zero-order valence-electron chi connectivity index (χ0n) is 19.3. The minimum absolute atomic E-state index is 0.118. The van der Waals surface area contributed by atoms with Crippen molar-refractivity contribution in [1.82, 2.24) is 14.1 Å². The second kappa shape index (κ2) is 9.91. The standard InChI is InChI=1S/C26H28N4O4/c1-17-10-12-19(13-11-17)16-29-24(28-25(33)30(26(29)34)15-18(2)23(31)32)27-22-9-5-8-21(14-22)20-6-3-4-7-20/h5-6,8-14,18H,3-4,7,15-16H2,1-2H3,(H,31,32)(H,27,28,33)/t18-/m0/s1. The van der Waals surface area contributed by atoms with Gasteiger partial charge in [-0.3, -0.25) is 14.3 Å². The number of allylic oxidation sites excluding steroid dienone is 2. The van der Waals surface area contributed by atoms with Crippen LogP contribution in [0.4, 0.5) is 5.69 Å². The third-order valence-corrected chi connectivity index (χ3v) is 6.01. The van der Waals surface area contributed by atoms with Crippen LogP contribution in [0.25, 0.3) is 5.57 Å². The molecule has 176 valence electrons. The van der Waals surface area contributed by atoms with Gasteiger partial charge in [0.05, 0.1) is 18.2 Å². The second-order valence-corrected chi connectivity index (χ2v) is 8.74. The van der Waals surface area contributed by atoms with Gasteiger partial charge in [0.2, 0.25) is 5.62 Å². The Morgan fingerprint density at radius 1 is 1.15 bits per heavy atom. The lowest BCUT2D eigenvalue weighted by Gasteiger charge is -2.13. The minimum atomic E-state index is -1.08. The Balaban J connectivity index is 1.85. The smallest absolute Gasteiger partial charge is 0.335 e. The van der Waals surface area contributed by atoms with E-state index in [1.807, 2.05) is 55.5 Å². The molecule has 0 saturated carbocycles. The topological polar surface area (TPSA) is 109 Å². The predicted molar refractivity (Wildman–Crippen MR) is 130 cm³/mol. The molecule has 8 nitrogen and oxygen atoms in total. The molecular formula is C26H28N4O4. The van der Waals surface area contributed by atoms with Gasteiger partial charge in [-0.1, -0.05) is 55.0 Å². The van der Waals surface area contributed by atoms with Gasteiger partial charge in [-0.2, -0.15) is 0 Å². The van der Waals surface area contributed by atoms with Crippen molar-refractivity contribution in [3.05, 3.63) is 97.9 Å². The number of aryl methyl sites for hydroxylation is 1. The average molecular weight is 461 g/mol. The van der Waals surface area contributed by atoms with E-state index in [1.165, 1.54) is 17.1 Å². The van der Waals surface area contributed by atoms with Crippen molar-refractivity contribution < 1.29 is 9.90 Å². The number of carboxylic acid groups (broad SMARTS) is 1. The monoisotopic (exact) mass is 460 g/mol. The van der Waals surface area contributed by atoms with Gasteiger partial charge in [-0.05, 0) is 55.0 Å². The molecule has 0 aliphatic heterocycles. The highest BCUT2D eigenvalue weighted by molar-refractivity contribution is 5.69. The number of aliphatic carboxylic acids is 1. The summed E-state index contributed by atoms with van der Waals surface area (Å²) in [6, 6.07) is 15.4. The van der Waals surface area contributed by atoms with Crippen LogP contribution < -0.4 is 17.0 Å². The molecule has 3 aromatic rings. The van der Waals surface area contributed by atoms with E-state index < -0.39 is 23.3 Å². The number of nitrogens with one attached hydrogen (secondary N) is 1. The van der Waals surface area contributed by atoms with E-state index in [4.69, 9.17) is 0 Å². The summed E-state index contributed by atoms with van der Waals surface area (Å²) in [5.74, 6) is -1.98. The number of carboxylic acids is 1. The van der Waals surface area contributed by atoms with Crippen molar-refractivity contribution in [2.45, 2.75) is 46.2 Å². The SMILES string of the molecule is Cc1ccc(Cn2c(=O)n(C[C@H](C)C(=O)O)c(=O)[nH]/c2=N\c2cccc(C3=CCCC3)c2)cc1. The van der Waals surface area contributed by atoms with E-state index in [2.05, 4.69) is 16.1 Å². The number of aromatic amines is 1.